The molecule has 0 aromatic heterocycles. The first-order valence-electron chi connectivity index (χ1n) is 6.45. The Labute approximate surface area is 96.4 Å². The highest BCUT2D eigenvalue weighted by molar-refractivity contribution is 5.68. The highest BCUT2D eigenvalue weighted by Crippen LogP contribution is 2.75. The molecule has 0 aromatic carbocycles. The predicted octanol–water partition coefficient (Wildman–Crippen LogP) is 1.86. The van der Waals surface area contributed by atoms with Gasteiger partial charge in [-0.1, -0.05) is 6.92 Å². The summed E-state index contributed by atoms with van der Waals surface area (Å²) in [6, 6.07) is 0. The van der Waals surface area contributed by atoms with E-state index in [-0.39, 0.29) is 5.41 Å². The third-order valence-electron chi connectivity index (χ3n) is 6.06. The van der Waals surface area contributed by atoms with Gasteiger partial charge < -0.3 is 10.8 Å². The van der Waals surface area contributed by atoms with Crippen molar-refractivity contribution < 1.29 is 9.90 Å². The van der Waals surface area contributed by atoms with Crippen LogP contribution in [0.3, 0.4) is 0 Å². The van der Waals surface area contributed by atoms with Crippen LogP contribution in [0, 0.1) is 28.6 Å². The van der Waals surface area contributed by atoms with Crippen molar-refractivity contribution in [2.45, 2.75) is 39.0 Å². The fourth-order valence-corrected chi connectivity index (χ4v) is 5.40. The molecule has 16 heavy (non-hydrogen) atoms. The van der Waals surface area contributed by atoms with Crippen LogP contribution in [0.2, 0.25) is 0 Å². The molecule has 0 unspecified atom stereocenters. The number of nitrogens with two attached hydrogens (primary N) is 1. The Morgan fingerprint density at radius 1 is 1.38 bits per heavy atom. The average molecular weight is 223 g/mol. The summed E-state index contributed by atoms with van der Waals surface area (Å²) in [5.41, 5.74) is 6.41. The van der Waals surface area contributed by atoms with Gasteiger partial charge in [0.2, 0.25) is 0 Å². The Bertz CT molecular complexity index is 323. The summed E-state index contributed by atoms with van der Waals surface area (Å²) in [5.74, 6) is 1.33. The van der Waals surface area contributed by atoms with Gasteiger partial charge in [0.05, 0.1) is 6.42 Å². The minimum atomic E-state index is -0.663. The molecule has 0 radical (unpaired) electrons. The van der Waals surface area contributed by atoms with E-state index >= 15 is 0 Å². The Morgan fingerprint density at radius 3 is 2.38 bits per heavy atom. The number of hydrogen-bond donors (Lipinski definition) is 2. The lowest BCUT2D eigenvalue weighted by molar-refractivity contribution is -0.156. The van der Waals surface area contributed by atoms with Gasteiger partial charge in [0.25, 0.3) is 0 Å². The summed E-state index contributed by atoms with van der Waals surface area (Å²) in [6.45, 7) is 2.97. The van der Waals surface area contributed by atoms with E-state index in [9.17, 15) is 4.79 Å². The molecule has 3 aliphatic rings. The van der Waals surface area contributed by atoms with Crippen molar-refractivity contribution >= 4 is 5.97 Å². The minimum Gasteiger partial charge on any atom is -0.481 e. The lowest BCUT2D eigenvalue weighted by Crippen LogP contribution is -2.59. The third-order valence-corrected chi connectivity index (χ3v) is 6.06. The standard InChI is InChI=1S/C13H21NO2/c1-12-4-2-8-11(12)9(3-5-12)13(8,7-14)6-10(15)16/h8-9,11H,2-7,14H2,1H3,(H,15,16)/t8-,9+,11+,12-,13-. The number of rotatable bonds is 3. The minimum absolute atomic E-state index is 0.0508. The second-order valence-corrected chi connectivity index (χ2v) is 6.48. The molecule has 3 N–H and O–H groups in total. The molecular weight excluding hydrogens is 202 g/mol. The molecule has 0 amide bonds. The molecule has 0 aromatic rings. The van der Waals surface area contributed by atoms with Crippen LogP contribution < -0.4 is 5.73 Å². The quantitative estimate of drug-likeness (QED) is 0.767. The van der Waals surface area contributed by atoms with Crippen molar-refractivity contribution in [2.75, 3.05) is 6.54 Å². The normalized spacial score (nSPS) is 53.5. The molecule has 0 aliphatic heterocycles. The van der Waals surface area contributed by atoms with Gasteiger partial charge in [-0.3, -0.25) is 4.79 Å². The first-order valence-corrected chi connectivity index (χ1v) is 6.45. The number of carboxylic acid groups (broad SMARTS) is 1. The van der Waals surface area contributed by atoms with E-state index in [2.05, 4.69) is 6.92 Å². The van der Waals surface area contributed by atoms with E-state index in [4.69, 9.17) is 10.8 Å². The molecule has 3 heteroatoms. The SMILES string of the molecule is C[C@]12CC[C@@H]3[C@H]1[C@H](CC2)[C@@]3(CN)CC(=O)O. The number of carbonyl (C=O) groups is 1. The topological polar surface area (TPSA) is 63.3 Å². The number of aliphatic carboxylic acids is 1. The van der Waals surface area contributed by atoms with E-state index in [1.807, 2.05) is 0 Å². The van der Waals surface area contributed by atoms with Gasteiger partial charge in [0.1, 0.15) is 0 Å². The van der Waals surface area contributed by atoms with Gasteiger partial charge in [-0.25, -0.2) is 0 Å². The average Bonchev–Trinajstić information content (AvgIpc) is 2.63. The first-order chi connectivity index (χ1) is 7.53. The summed E-state index contributed by atoms with van der Waals surface area (Å²) < 4.78 is 0. The third kappa shape index (κ3) is 1.01. The summed E-state index contributed by atoms with van der Waals surface area (Å²) in [7, 11) is 0. The Morgan fingerprint density at radius 2 is 1.94 bits per heavy atom. The van der Waals surface area contributed by atoms with Crippen molar-refractivity contribution in [1.29, 1.82) is 0 Å². The molecule has 3 fully saturated rings. The summed E-state index contributed by atoms with van der Waals surface area (Å²) >= 11 is 0. The Kier molecular flexibility index (Phi) is 1.99. The summed E-state index contributed by atoms with van der Waals surface area (Å²) in [5, 5.41) is 9.10. The highest BCUT2D eigenvalue weighted by atomic mass is 16.4. The highest BCUT2D eigenvalue weighted by Gasteiger charge is 2.71. The largest absolute Gasteiger partial charge is 0.481 e. The van der Waals surface area contributed by atoms with Crippen molar-refractivity contribution in [3.05, 3.63) is 0 Å². The maximum Gasteiger partial charge on any atom is 0.303 e. The molecule has 5 atom stereocenters. The maximum atomic E-state index is 11.1. The van der Waals surface area contributed by atoms with Crippen LogP contribution >= 0.6 is 0 Å². The summed E-state index contributed by atoms with van der Waals surface area (Å²) in [6.07, 6.45) is 5.30. The van der Waals surface area contributed by atoms with Crippen LogP contribution in [0.5, 0.6) is 0 Å². The van der Waals surface area contributed by atoms with Gasteiger partial charge >= 0.3 is 5.97 Å². The summed E-state index contributed by atoms with van der Waals surface area (Å²) in [4.78, 5) is 11.1. The van der Waals surface area contributed by atoms with Gasteiger partial charge in [-0.05, 0) is 60.8 Å². The van der Waals surface area contributed by atoms with Crippen LogP contribution in [0.4, 0.5) is 0 Å². The first kappa shape index (κ1) is 10.6. The zero-order valence-corrected chi connectivity index (χ0v) is 9.91. The lowest BCUT2D eigenvalue weighted by Gasteiger charge is -2.58. The number of hydrogen-bond acceptors (Lipinski definition) is 2. The molecular formula is C13H21NO2. The molecule has 3 aliphatic carbocycles. The monoisotopic (exact) mass is 223 g/mol. The van der Waals surface area contributed by atoms with Gasteiger partial charge in [-0.15, -0.1) is 0 Å². The van der Waals surface area contributed by atoms with Crippen LogP contribution in [-0.2, 0) is 4.79 Å². The molecule has 0 spiro atoms. The van der Waals surface area contributed by atoms with E-state index < -0.39 is 5.97 Å². The second-order valence-electron chi connectivity index (χ2n) is 6.48. The van der Waals surface area contributed by atoms with Crippen LogP contribution in [-0.4, -0.2) is 17.6 Å². The molecule has 3 nitrogen and oxygen atoms in total. The van der Waals surface area contributed by atoms with E-state index in [0.717, 1.165) is 5.92 Å². The van der Waals surface area contributed by atoms with Crippen molar-refractivity contribution in [3.8, 4) is 0 Å². The molecule has 0 bridgehead atoms. The van der Waals surface area contributed by atoms with E-state index in [0.29, 0.717) is 30.2 Å². The fourth-order valence-electron chi connectivity index (χ4n) is 5.40. The second kappa shape index (κ2) is 3.00. The smallest absolute Gasteiger partial charge is 0.303 e. The fraction of sp³-hybridized carbons (Fsp3) is 0.923. The van der Waals surface area contributed by atoms with Gasteiger partial charge in [-0.2, -0.15) is 0 Å². The maximum absolute atomic E-state index is 11.1. The number of carboxylic acids is 1. The van der Waals surface area contributed by atoms with Crippen LogP contribution in [0.1, 0.15) is 39.0 Å². The van der Waals surface area contributed by atoms with E-state index in [1.165, 1.54) is 25.7 Å². The van der Waals surface area contributed by atoms with Gasteiger partial charge in [0.15, 0.2) is 0 Å². The molecule has 0 saturated heterocycles. The van der Waals surface area contributed by atoms with Crippen molar-refractivity contribution in [1.82, 2.24) is 0 Å². The van der Waals surface area contributed by atoms with E-state index in [1.54, 1.807) is 0 Å². The van der Waals surface area contributed by atoms with Crippen LogP contribution in [0.25, 0.3) is 0 Å². The Hall–Kier alpha value is -0.570. The molecule has 0 heterocycles. The van der Waals surface area contributed by atoms with Crippen LogP contribution in [0.15, 0.2) is 0 Å². The zero-order valence-electron chi connectivity index (χ0n) is 9.91. The molecule has 90 valence electrons. The van der Waals surface area contributed by atoms with Gasteiger partial charge in [0, 0.05) is 0 Å². The lowest BCUT2D eigenvalue weighted by atomic mass is 9.46. The molecule has 3 saturated carbocycles. The Balaban J connectivity index is 1.91. The molecule has 3 rings (SSSR count). The van der Waals surface area contributed by atoms with Crippen molar-refractivity contribution in [2.24, 2.45) is 34.3 Å². The zero-order chi connectivity index (χ0) is 11.6. The van der Waals surface area contributed by atoms with Crippen molar-refractivity contribution in [3.63, 3.8) is 0 Å². The predicted molar refractivity (Wildman–Crippen MR) is 60.8 cm³/mol.